The number of thioether (sulfide) groups is 1. The molecule has 1 unspecified atom stereocenters. The summed E-state index contributed by atoms with van der Waals surface area (Å²) < 4.78 is 0. The van der Waals surface area contributed by atoms with Gasteiger partial charge in [-0.05, 0) is 27.2 Å². The van der Waals surface area contributed by atoms with Crippen molar-refractivity contribution in [3.8, 4) is 0 Å². The van der Waals surface area contributed by atoms with Crippen LogP contribution in [-0.4, -0.2) is 50.8 Å². The van der Waals surface area contributed by atoms with Gasteiger partial charge in [0.1, 0.15) is 6.54 Å². The molecule has 5 nitrogen and oxygen atoms in total. The van der Waals surface area contributed by atoms with Crippen LogP contribution >= 0.6 is 11.8 Å². The number of carbonyl (C=O) groups excluding carboxylic acids is 1. The van der Waals surface area contributed by atoms with Gasteiger partial charge in [-0.1, -0.05) is 42.1 Å². The molecule has 1 aliphatic rings. The molecule has 0 saturated heterocycles. The molecular weight excluding hydrogens is 312 g/mol. The van der Waals surface area contributed by atoms with Crippen molar-refractivity contribution >= 4 is 28.7 Å². The number of hydrogen-bond acceptors (Lipinski definition) is 5. The number of hydrogen-bond donors (Lipinski definition) is 1. The molecule has 1 N–H and O–H groups in total. The highest BCUT2D eigenvalue weighted by Gasteiger charge is 2.33. The Bertz CT molecular complexity index is 614. The lowest BCUT2D eigenvalue weighted by molar-refractivity contribution is -0.137. The fourth-order valence-corrected chi connectivity index (χ4v) is 3.86. The molecule has 1 heterocycles. The number of carboxylic acid groups (broad SMARTS) is 1. The molecular formula is C17H22N2O3S. The first-order chi connectivity index (χ1) is 10.8. The third-order valence-corrected chi connectivity index (χ3v) is 4.70. The first-order valence-corrected chi connectivity index (χ1v) is 8.56. The third-order valence-electron chi connectivity index (χ3n) is 3.70. The van der Waals surface area contributed by atoms with Crippen LogP contribution in [0, 0.1) is 0 Å². The monoisotopic (exact) mass is 334 g/mol. The van der Waals surface area contributed by atoms with E-state index in [1.54, 1.807) is 17.0 Å². The largest absolute Gasteiger partial charge is 0.480 e. The van der Waals surface area contributed by atoms with E-state index in [1.165, 1.54) is 11.8 Å². The van der Waals surface area contributed by atoms with E-state index in [1.807, 2.05) is 39.0 Å². The van der Waals surface area contributed by atoms with Gasteiger partial charge in [0.25, 0.3) is 0 Å². The number of amidine groups is 1. The van der Waals surface area contributed by atoms with Crippen LogP contribution in [0.2, 0.25) is 0 Å². The molecule has 0 spiro atoms. The Balaban J connectivity index is 2.12. The molecule has 6 heteroatoms. The Kier molecular flexibility index (Phi) is 5.46. The van der Waals surface area contributed by atoms with Gasteiger partial charge in [0, 0.05) is 11.6 Å². The quantitative estimate of drug-likeness (QED) is 0.839. The summed E-state index contributed by atoms with van der Waals surface area (Å²) in [5, 5.41) is 9.75. The molecule has 23 heavy (non-hydrogen) atoms. The minimum Gasteiger partial charge on any atom is -0.480 e. The fourth-order valence-electron chi connectivity index (χ4n) is 2.71. The van der Waals surface area contributed by atoms with Gasteiger partial charge in [-0.3, -0.25) is 14.6 Å². The minimum absolute atomic E-state index is 0.0182. The second-order valence-electron chi connectivity index (χ2n) is 6.36. The molecule has 0 radical (unpaired) electrons. The second kappa shape index (κ2) is 7.17. The number of carboxylic acids is 1. The number of benzene rings is 1. The standard InChI is InChI=1S/C17H22N2O3S/c1-12-9-17(2,3)18-16(19(12)10-15(21)22)23-11-14(20)13-7-5-4-6-8-13/h4-8,12H,9-11H2,1-3H3,(H,21,22). The van der Waals surface area contributed by atoms with Crippen molar-refractivity contribution in [3.05, 3.63) is 35.9 Å². The lowest BCUT2D eigenvalue weighted by Gasteiger charge is -2.40. The molecule has 1 aromatic rings. The van der Waals surface area contributed by atoms with Gasteiger partial charge in [-0.15, -0.1) is 0 Å². The maximum atomic E-state index is 12.2. The van der Waals surface area contributed by atoms with Crippen molar-refractivity contribution in [2.45, 2.75) is 38.8 Å². The Labute approximate surface area is 140 Å². The molecule has 0 bridgehead atoms. The lowest BCUT2D eigenvalue weighted by atomic mass is 9.94. The zero-order valence-electron chi connectivity index (χ0n) is 13.7. The molecule has 1 atom stereocenters. The van der Waals surface area contributed by atoms with Crippen LogP contribution in [0.15, 0.2) is 35.3 Å². The molecule has 0 saturated carbocycles. The van der Waals surface area contributed by atoms with E-state index in [4.69, 9.17) is 5.11 Å². The molecule has 0 fully saturated rings. The van der Waals surface area contributed by atoms with E-state index in [0.717, 1.165) is 6.42 Å². The number of ketones is 1. The predicted molar refractivity (Wildman–Crippen MR) is 93.2 cm³/mol. The maximum absolute atomic E-state index is 12.2. The van der Waals surface area contributed by atoms with Crippen LogP contribution in [0.5, 0.6) is 0 Å². The number of nitrogens with zero attached hydrogens (tertiary/aromatic N) is 2. The first kappa shape index (κ1) is 17.5. The number of Topliss-reactive ketones (excluding diaryl/α,β-unsaturated/α-hetero) is 1. The van der Waals surface area contributed by atoms with Gasteiger partial charge < -0.3 is 10.0 Å². The average Bonchev–Trinajstić information content (AvgIpc) is 2.48. The first-order valence-electron chi connectivity index (χ1n) is 7.58. The minimum atomic E-state index is -0.890. The smallest absolute Gasteiger partial charge is 0.323 e. The van der Waals surface area contributed by atoms with Gasteiger partial charge in [0.15, 0.2) is 11.0 Å². The molecule has 1 aromatic carbocycles. The van der Waals surface area contributed by atoms with Crippen LogP contribution in [0.1, 0.15) is 37.6 Å². The molecule has 2 rings (SSSR count). The van der Waals surface area contributed by atoms with Crippen LogP contribution < -0.4 is 0 Å². The summed E-state index contributed by atoms with van der Waals surface area (Å²) in [5.41, 5.74) is 0.417. The summed E-state index contributed by atoms with van der Waals surface area (Å²) in [6, 6.07) is 9.18. The topological polar surface area (TPSA) is 70.0 Å². The summed E-state index contributed by atoms with van der Waals surface area (Å²) >= 11 is 1.32. The summed E-state index contributed by atoms with van der Waals surface area (Å²) in [6.45, 7) is 5.96. The highest BCUT2D eigenvalue weighted by molar-refractivity contribution is 8.14. The Morgan fingerprint density at radius 1 is 1.35 bits per heavy atom. The SMILES string of the molecule is CC1CC(C)(C)N=C(SCC(=O)c2ccccc2)N1CC(=O)O. The van der Waals surface area contributed by atoms with Crippen LogP contribution in [0.25, 0.3) is 0 Å². The van der Waals surface area contributed by atoms with E-state index >= 15 is 0 Å². The van der Waals surface area contributed by atoms with E-state index in [0.29, 0.717) is 10.7 Å². The number of aliphatic carboxylic acids is 1. The van der Waals surface area contributed by atoms with Gasteiger partial charge in [0.05, 0.1) is 11.3 Å². The second-order valence-corrected chi connectivity index (χ2v) is 7.30. The molecule has 0 aliphatic carbocycles. The predicted octanol–water partition coefficient (Wildman–Crippen LogP) is 2.92. The molecule has 1 aliphatic heterocycles. The number of aliphatic imine (C=N–C) groups is 1. The van der Waals surface area contributed by atoms with Gasteiger partial charge >= 0.3 is 5.97 Å². The van der Waals surface area contributed by atoms with Gasteiger partial charge in [-0.2, -0.15) is 0 Å². The summed E-state index contributed by atoms with van der Waals surface area (Å²) in [4.78, 5) is 29.8. The van der Waals surface area contributed by atoms with Crippen molar-refractivity contribution in [1.82, 2.24) is 4.90 Å². The maximum Gasteiger partial charge on any atom is 0.323 e. The van der Waals surface area contributed by atoms with Crippen LogP contribution in [0.4, 0.5) is 0 Å². The summed E-state index contributed by atoms with van der Waals surface area (Å²) in [6.07, 6.45) is 0.789. The normalized spacial score (nSPS) is 20.0. The molecule has 124 valence electrons. The van der Waals surface area contributed by atoms with E-state index in [9.17, 15) is 9.59 Å². The molecule has 0 amide bonds. The Morgan fingerprint density at radius 3 is 2.61 bits per heavy atom. The van der Waals surface area contributed by atoms with Crippen LogP contribution in [-0.2, 0) is 4.79 Å². The van der Waals surface area contributed by atoms with E-state index in [-0.39, 0.29) is 29.7 Å². The third kappa shape index (κ3) is 4.82. The van der Waals surface area contributed by atoms with Crippen molar-refractivity contribution in [1.29, 1.82) is 0 Å². The van der Waals surface area contributed by atoms with Gasteiger partial charge in [0.2, 0.25) is 0 Å². The fraction of sp³-hybridized carbons (Fsp3) is 0.471. The summed E-state index contributed by atoms with van der Waals surface area (Å²) in [7, 11) is 0. The zero-order chi connectivity index (χ0) is 17.0. The summed E-state index contributed by atoms with van der Waals surface area (Å²) in [5.74, 6) is -0.620. The van der Waals surface area contributed by atoms with E-state index < -0.39 is 5.97 Å². The van der Waals surface area contributed by atoms with Crippen LogP contribution in [0.3, 0.4) is 0 Å². The Morgan fingerprint density at radius 2 is 2.00 bits per heavy atom. The van der Waals surface area contributed by atoms with Crippen molar-refractivity contribution in [2.24, 2.45) is 4.99 Å². The van der Waals surface area contributed by atoms with E-state index in [2.05, 4.69) is 4.99 Å². The van der Waals surface area contributed by atoms with Crippen molar-refractivity contribution in [2.75, 3.05) is 12.3 Å². The number of carbonyl (C=O) groups is 2. The molecule has 0 aromatic heterocycles. The van der Waals surface area contributed by atoms with Crippen molar-refractivity contribution < 1.29 is 14.7 Å². The number of rotatable bonds is 5. The average molecular weight is 334 g/mol. The zero-order valence-corrected chi connectivity index (χ0v) is 14.5. The van der Waals surface area contributed by atoms with Crippen molar-refractivity contribution in [3.63, 3.8) is 0 Å². The van der Waals surface area contributed by atoms with Gasteiger partial charge in [-0.25, -0.2) is 0 Å². The highest BCUT2D eigenvalue weighted by Crippen LogP contribution is 2.29. The Hall–Kier alpha value is -1.82. The lowest BCUT2D eigenvalue weighted by Crippen LogP contribution is -2.48. The highest BCUT2D eigenvalue weighted by atomic mass is 32.2.